The molecule has 0 atom stereocenters. The highest BCUT2D eigenvalue weighted by atomic mass is 35.5. The molecule has 0 spiro atoms. The van der Waals surface area contributed by atoms with Gasteiger partial charge in [0.25, 0.3) is 0 Å². The topological polar surface area (TPSA) is 234 Å². The lowest BCUT2D eigenvalue weighted by Crippen LogP contribution is -2.25. The molecule has 0 aromatic rings. The summed E-state index contributed by atoms with van der Waals surface area (Å²) in [5, 5.41) is 20.3. The third-order valence-electron chi connectivity index (χ3n) is 6.98. The summed E-state index contributed by atoms with van der Waals surface area (Å²) in [5.41, 5.74) is 0. The van der Waals surface area contributed by atoms with Crippen LogP contribution in [-0.2, 0) is 85.4 Å². The Balaban J connectivity index is 0. The van der Waals surface area contributed by atoms with Gasteiger partial charge in [0.15, 0.2) is 0 Å². The maximum absolute atomic E-state index is 10.4. The highest BCUT2D eigenvalue weighted by Gasteiger charge is 2.00. The van der Waals surface area contributed by atoms with Crippen LogP contribution in [0.15, 0.2) is 0 Å². The number of nitrogens with one attached hydrogen (secondary N) is 1. The molecule has 360 valence electrons. The lowest BCUT2D eigenvalue weighted by molar-refractivity contribution is -0.139. The van der Waals surface area contributed by atoms with Gasteiger partial charge in [-0.05, 0) is 0 Å². The SMILES string of the molecule is Cl.O=C(O)CCOCCOCCOCCOCCOCCOCCOCCOCCNCCOCCOCCOCCOCCOCCOCCOCCOCCC(=O)O. The van der Waals surface area contributed by atoms with E-state index >= 15 is 0 Å². The van der Waals surface area contributed by atoms with Crippen molar-refractivity contribution in [2.45, 2.75) is 12.8 Å². The van der Waals surface area contributed by atoms with Crippen molar-refractivity contribution in [2.24, 2.45) is 0 Å². The van der Waals surface area contributed by atoms with Crippen molar-refractivity contribution in [3.8, 4) is 0 Å². The Morgan fingerprint density at radius 2 is 0.383 bits per heavy atom. The molecule has 3 N–H and O–H groups in total. The van der Waals surface area contributed by atoms with Crippen molar-refractivity contribution in [3.63, 3.8) is 0 Å². The number of carboxylic acids is 2. The van der Waals surface area contributed by atoms with Crippen LogP contribution < -0.4 is 5.32 Å². The van der Waals surface area contributed by atoms with Gasteiger partial charge in [0.1, 0.15) is 0 Å². The molecular weight excluding hydrogens is 826 g/mol. The third-order valence-corrected chi connectivity index (χ3v) is 6.98. The maximum Gasteiger partial charge on any atom is 0.305 e. The van der Waals surface area contributed by atoms with E-state index in [4.69, 9.17) is 86.0 Å². The van der Waals surface area contributed by atoms with Crippen LogP contribution in [0.1, 0.15) is 12.8 Å². The van der Waals surface area contributed by atoms with Gasteiger partial charge in [-0.15, -0.1) is 12.4 Å². The Bertz CT molecular complexity index is 779. The number of aliphatic carboxylic acids is 2. The molecule has 0 rings (SSSR count). The van der Waals surface area contributed by atoms with Crippen molar-refractivity contribution < 1.29 is 95.6 Å². The van der Waals surface area contributed by atoms with E-state index in [1.807, 2.05) is 0 Å². The first-order valence-corrected chi connectivity index (χ1v) is 20.5. The highest BCUT2D eigenvalue weighted by molar-refractivity contribution is 5.85. The first-order chi connectivity index (χ1) is 29.1. The zero-order valence-electron chi connectivity index (χ0n) is 35.6. The minimum absolute atomic E-state index is 0. The Hall–Kier alpha value is -1.45. The van der Waals surface area contributed by atoms with Gasteiger partial charge >= 0.3 is 11.9 Å². The van der Waals surface area contributed by atoms with Gasteiger partial charge in [0.2, 0.25) is 0 Å². The van der Waals surface area contributed by atoms with Crippen LogP contribution in [-0.4, -0.2) is 247 Å². The zero-order valence-corrected chi connectivity index (χ0v) is 36.4. The molecule has 0 heterocycles. The molecule has 0 unspecified atom stereocenters. The standard InChI is InChI=1S/C38H75NO20.ClH/c40-37(41)1-5-44-9-13-48-17-21-52-25-29-56-33-35-58-31-27-54-23-19-50-15-11-46-7-3-39-4-8-47-12-16-51-20-24-55-28-32-59-36-34-57-30-26-53-22-18-49-14-10-45-6-2-38(42)43;/h39H,1-36H2,(H,40,41)(H,42,43);1H. The molecule has 0 aliphatic heterocycles. The number of ether oxygens (including phenoxy) is 16. The normalized spacial score (nSPS) is 11.3. The molecule has 0 fully saturated rings. The molecule has 0 aromatic heterocycles. The monoisotopic (exact) mass is 901 g/mol. The number of carboxylic acid groups (broad SMARTS) is 2. The van der Waals surface area contributed by atoms with Gasteiger partial charge in [-0.25, -0.2) is 0 Å². The smallest absolute Gasteiger partial charge is 0.305 e. The number of rotatable bonds is 54. The van der Waals surface area contributed by atoms with E-state index in [1.54, 1.807) is 0 Å². The second kappa shape index (κ2) is 55.6. The molecule has 22 heteroatoms. The van der Waals surface area contributed by atoms with Crippen LogP contribution in [0.2, 0.25) is 0 Å². The van der Waals surface area contributed by atoms with Gasteiger partial charge in [-0.1, -0.05) is 0 Å². The fourth-order valence-corrected chi connectivity index (χ4v) is 4.02. The number of halogens is 1. The van der Waals surface area contributed by atoms with Crippen LogP contribution in [0.4, 0.5) is 0 Å². The summed E-state index contributed by atoms with van der Waals surface area (Å²) in [6, 6.07) is 0. The first kappa shape index (κ1) is 60.6. The summed E-state index contributed by atoms with van der Waals surface area (Å²) >= 11 is 0. The first-order valence-electron chi connectivity index (χ1n) is 20.5. The Morgan fingerprint density at radius 1 is 0.250 bits per heavy atom. The van der Waals surface area contributed by atoms with E-state index in [1.165, 1.54) is 0 Å². The summed E-state index contributed by atoms with van der Waals surface area (Å²) in [6.07, 6.45) is -0.0152. The van der Waals surface area contributed by atoms with Crippen molar-refractivity contribution in [1.82, 2.24) is 5.32 Å². The van der Waals surface area contributed by atoms with Crippen molar-refractivity contribution >= 4 is 24.3 Å². The maximum atomic E-state index is 10.4. The second-order valence-electron chi connectivity index (χ2n) is 11.8. The molecular formula is C38H76ClNO20. The van der Waals surface area contributed by atoms with Gasteiger partial charge in [0.05, 0.1) is 224 Å². The summed E-state index contributed by atoms with van der Waals surface area (Å²) in [6.45, 7) is 16.1. The lowest BCUT2D eigenvalue weighted by atomic mass is 10.5. The van der Waals surface area contributed by atoms with Crippen LogP contribution in [0.5, 0.6) is 0 Å². The van der Waals surface area contributed by atoms with Crippen molar-refractivity contribution in [2.75, 3.05) is 225 Å². The minimum atomic E-state index is -0.878. The average molecular weight is 902 g/mol. The fraction of sp³-hybridized carbons (Fsp3) is 0.947. The largest absolute Gasteiger partial charge is 0.481 e. The zero-order chi connectivity index (χ0) is 42.6. The van der Waals surface area contributed by atoms with Gasteiger partial charge < -0.3 is 91.3 Å². The molecule has 21 nitrogen and oxygen atoms in total. The van der Waals surface area contributed by atoms with Gasteiger partial charge in [0, 0.05) is 13.1 Å². The molecule has 0 aromatic carbocycles. The number of hydrogen-bond donors (Lipinski definition) is 3. The lowest BCUT2D eigenvalue weighted by Gasteiger charge is -2.09. The van der Waals surface area contributed by atoms with E-state index < -0.39 is 11.9 Å². The third kappa shape index (κ3) is 58.6. The molecule has 0 radical (unpaired) electrons. The van der Waals surface area contributed by atoms with Crippen LogP contribution >= 0.6 is 12.4 Å². The molecule has 0 saturated carbocycles. The van der Waals surface area contributed by atoms with Crippen LogP contribution in [0, 0.1) is 0 Å². The predicted molar refractivity (Wildman–Crippen MR) is 218 cm³/mol. The van der Waals surface area contributed by atoms with E-state index in [0.29, 0.717) is 198 Å². The average Bonchev–Trinajstić information content (AvgIpc) is 3.22. The van der Waals surface area contributed by atoms with Crippen LogP contribution in [0.25, 0.3) is 0 Å². The molecule has 0 saturated heterocycles. The molecule has 60 heavy (non-hydrogen) atoms. The molecule has 0 amide bonds. The van der Waals surface area contributed by atoms with Crippen LogP contribution in [0.3, 0.4) is 0 Å². The van der Waals surface area contributed by atoms with E-state index in [9.17, 15) is 9.59 Å². The Labute approximate surface area is 362 Å². The van der Waals surface area contributed by atoms with E-state index in [-0.39, 0.29) is 38.5 Å². The summed E-state index contributed by atoms with van der Waals surface area (Å²) in [7, 11) is 0. The van der Waals surface area contributed by atoms with E-state index in [2.05, 4.69) is 5.32 Å². The quantitative estimate of drug-likeness (QED) is 0.0693. The minimum Gasteiger partial charge on any atom is -0.481 e. The summed E-state index contributed by atoms with van der Waals surface area (Å²) in [4.78, 5) is 20.7. The van der Waals surface area contributed by atoms with Gasteiger partial charge in [-0.3, -0.25) is 9.59 Å². The Kier molecular flexibility index (Phi) is 56.2. The van der Waals surface area contributed by atoms with E-state index in [0.717, 1.165) is 13.1 Å². The van der Waals surface area contributed by atoms with Gasteiger partial charge in [-0.2, -0.15) is 0 Å². The number of hydrogen-bond acceptors (Lipinski definition) is 19. The summed E-state index contributed by atoms with van der Waals surface area (Å²) < 4.78 is 86.6. The second-order valence-corrected chi connectivity index (χ2v) is 11.8. The number of carbonyl (C=O) groups is 2. The predicted octanol–water partition coefficient (Wildman–Crippen LogP) is 0.213. The van der Waals surface area contributed by atoms with Crippen molar-refractivity contribution in [1.29, 1.82) is 0 Å². The molecule has 0 bridgehead atoms. The Morgan fingerprint density at radius 3 is 0.533 bits per heavy atom. The molecule has 0 aliphatic carbocycles. The molecule has 0 aliphatic rings. The van der Waals surface area contributed by atoms with Crippen molar-refractivity contribution in [3.05, 3.63) is 0 Å². The summed E-state index contributed by atoms with van der Waals surface area (Å²) in [5.74, 6) is -1.76. The fourth-order valence-electron chi connectivity index (χ4n) is 4.02. The highest BCUT2D eigenvalue weighted by Crippen LogP contribution is 1.89.